The van der Waals surface area contributed by atoms with Crippen molar-refractivity contribution < 1.29 is 28.1 Å². The molecule has 0 spiro atoms. The van der Waals surface area contributed by atoms with Gasteiger partial charge >= 0.3 is 6.18 Å². The Hall–Kier alpha value is -3.38. The summed E-state index contributed by atoms with van der Waals surface area (Å²) >= 11 is 0. The third-order valence-corrected chi connectivity index (χ3v) is 5.61. The number of benzene rings is 1. The Kier molecular flexibility index (Phi) is 5.89. The second-order valence-electron chi connectivity index (χ2n) is 7.88. The molecule has 2 aromatic heterocycles. The summed E-state index contributed by atoms with van der Waals surface area (Å²) in [6.07, 6.45) is -2.61. The molecule has 1 aliphatic heterocycles. The van der Waals surface area contributed by atoms with Gasteiger partial charge in [-0.15, -0.1) is 0 Å². The number of halogens is 3. The number of nitrogens with one attached hydrogen (secondary N) is 2. The molecular formula is C21H22F3N5O4. The normalized spacial score (nSPS) is 16.1. The highest BCUT2D eigenvalue weighted by atomic mass is 19.4. The Balaban J connectivity index is 1.77. The summed E-state index contributed by atoms with van der Waals surface area (Å²) in [5.74, 6) is 0.259. The first-order valence-corrected chi connectivity index (χ1v) is 10.1. The maximum absolute atomic E-state index is 13.3. The Morgan fingerprint density at radius 1 is 1.24 bits per heavy atom. The number of piperidine rings is 1. The Morgan fingerprint density at radius 3 is 2.61 bits per heavy atom. The van der Waals surface area contributed by atoms with Gasteiger partial charge in [0.05, 0.1) is 30.4 Å². The molecule has 0 saturated carbocycles. The predicted molar refractivity (Wildman–Crippen MR) is 115 cm³/mol. The molecule has 0 unspecified atom stereocenters. The average molecular weight is 465 g/mol. The number of rotatable bonds is 5. The van der Waals surface area contributed by atoms with E-state index in [9.17, 15) is 28.2 Å². The molecular weight excluding hydrogens is 443 g/mol. The van der Waals surface area contributed by atoms with Crippen LogP contribution in [0.15, 0.2) is 35.3 Å². The van der Waals surface area contributed by atoms with E-state index in [0.29, 0.717) is 18.6 Å². The molecule has 176 valence electrons. The summed E-state index contributed by atoms with van der Waals surface area (Å²) in [4.78, 5) is 25.6. The number of anilines is 3. The van der Waals surface area contributed by atoms with Crippen molar-refractivity contribution in [3.8, 4) is 5.75 Å². The van der Waals surface area contributed by atoms with Crippen molar-refractivity contribution in [3.05, 3.63) is 46.4 Å². The monoisotopic (exact) mass is 465 g/mol. The fraction of sp³-hybridized carbons (Fsp3) is 0.381. The molecule has 0 bridgehead atoms. The molecule has 0 amide bonds. The first kappa shape index (κ1) is 22.8. The van der Waals surface area contributed by atoms with E-state index in [-0.39, 0.29) is 48.0 Å². The minimum atomic E-state index is -4.60. The van der Waals surface area contributed by atoms with Crippen molar-refractivity contribution in [1.29, 1.82) is 0 Å². The zero-order chi connectivity index (χ0) is 23.8. The van der Waals surface area contributed by atoms with Crippen LogP contribution in [0.4, 0.5) is 30.6 Å². The number of aromatic nitrogens is 3. The third-order valence-electron chi connectivity index (χ3n) is 5.61. The van der Waals surface area contributed by atoms with Crippen LogP contribution in [0.5, 0.6) is 5.75 Å². The SMILES string of the molecule is COc1cc(Nc2nc(N3CCC(O)(CO)CC3)nc3cc[nH]c(=O)c23)cc(C(F)(F)F)c1. The molecule has 1 saturated heterocycles. The molecule has 3 heterocycles. The largest absolute Gasteiger partial charge is 0.497 e. The van der Waals surface area contributed by atoms with Crippen LogP contribution in [0.3, 0.4) is 0 Å². The lowest BCUT2D eigenvalue weighted by molar-refractivity contribution is -0.137. The first-order chi connectivity index (χ1) is 15.6. The summed E-state index contributed by atoms with van der Waals surface area (Å²) in [5, 5.41) is 22.5. The van der Waals surface area contributed by atoms with Gasteiger partial charge in [-0.2, -0.15) is 18.2 Å². The molecule has 9 nitrogen and oxygen atoms in total. The number of pyridine rings is 1. The highest BCUT2D eigenvalue weighted by molar-refractivity contribution is 5.91. The molecule has 0 atom stereocenters. The van der Waals surface area contributed by atoms with Gasteiger partial charge in [0.25, 0.3) is 5.56 Å². The van der Waals surface area contributed by atoms with Gasteiger partial charge in [0.2, 0.25) is 5.95 Å². The van der Waals surface area contributed by atoms with Gasteiger partial charge in [0.1, 0.15) is 17.0 Å². The second-order valence-corrected chi connectivity index (χ2v) is 7.88. The van der Waals surface area contributed by atoms with Crippen molar-refractivity contribution in [1.82, 2.24) is 15.0 Å². The van der Waals surface area contributed by atoms with Crippen LogP contribution < -0.4 is 20.5 Å². The van der Waals surface area contributed by atoms with Gasteiger partial charge in [0, 0.05) is 31.0 Å². The number of hydrogen-bond acceptors (Lipinski definition) is 8. The minimum absolute atomic E-state index is 0.0147. The minimum Gasteiger partial charge on any atom is -0.497 e. The zero-order valence-corrected chi connectivity index (χ0v) is 17.6. The maximum Gasteiger partial charge on any atom is 0.416 e. The van der Waals surface area contributed by atoms with Crippen molar-refractivity contribution in [2.45, 2.75) is 24.6 Å². The van der Waals surface area contributed by atoms with Crippen LogP contribution in [0.2, 0.25) is 0 Å². The maximum atomic E-state index is 13.3. The van der Waals surface area contributed by atoms with Crippen molar-refractivity contribution in [3.63, 3.8) is 0 Å². The van der Waals surface area contributed by atoms with E-state index in [2.05, 4.69) is 20.3 Å². The van der Waals surface area contributed by atoms with Crippen molar-refractivity contribution in [2.24, 2.45) is 0 Å². The number of nitrogens with zero attached hydrogens (tertiary/aromatic N) is 3. The smallest absolute Gasteiger partial charge is 0.416 e. The third kappa shape index (κ3) is 4.71. The topological polar surface area (TPSA) is 124 Å². The molecule has 4 rings (SSSR count). The van der Waals surface area contributed by atoms with E-state index >= 15 is 0 Å². The van der Waals surface area contributed by atoms with Gasteiger partial charge in [-0.3, -0.25) is 4.79 Å². The molecule has 0 aliphatic carbocycles. The van der Waals surface area contributed by atoms with Crippen molar-refractivity contribution in [2.75, 3.05) is 37.0 Å². The van der Waals surface area contributed by atoms with Gasteiger partial charge < -0.3 is 30.2 Å². The van der Waals surface area contributed by atoms with Gasteiger partial charge in [0.15, 0.2) is 0 Å². The summed E-state index contributed by atoms with van der Waals surface area (Å²) in [6.45, 7) is 0.337. The summed E-state index contributed by atoms with van der Waals surface area (Å²) in [5.41, 5.74) is -2.28. The molecule has 12 heteroatoms. The van der Waals surface area contributed by atoms with Gasteiger partial charge in [-0.25, -0.2) is 4.98 Å². The fourth-order valence-electron chi connectivity index (χ4n) is 3.68. The Labute approximate surface area is 185 Å². The van der Waals surface area contributed by atoms with Crippen LogP contribution in [0, 0.1) is 0 Å². The van der Waals surface area contributed by atoms with Crippen LogP contribution in [0.25, 0.3) is 10.9 Å². The predicted octanol–water partition coefficient (Wildman–Crippen LogP) is 2.41. The number of alkyl halides is 3. The highest BCUT2D eigenvalue weighted by Crippen LogP contribution is 2.35. The van der Waals surface area contributed by atoms with E-state index in [1.165, 1.54) is 19.4 Å². The average Bonchev–Trinajstić information content (AvgIpc) is 2.78. The molecule has 1 aliphatic rings. The van der Waals surface area contributed by atoms with Crippen LogP contribution >= 0.6 is 0 Å². The quantitative estimate of drug-likeness (QED) is 0.453. The van der Waals surface area contributed by atoms with Gasteiger partial charge in [-0.05, 0) is 31.0 Å². The van der Waals surface area contributed by atoms with Crippen molar-refractivity contribution >= 4 is 28.4 Å². The number of aromatic amines is 1. The lowest BCUT2D eigenvalue weighted by Crippen LogP contribution is -2.47. The van der Waals surface area contributed by atoms with Crippen LogP contribution in [0.1, 0.15) is 18.4 Å². The highest BCUT2D eigenvalue weighted by Gasteiger charge is 2.33. The van der Waals surface area contributed by atoms with E-state index in [1.54, 1.807) is 11.0 Å². The van der Waals surface area contributed by atoms with Crippen LogP contribution in [-0.4, -0.2) is 57.6 Å². The number of ether oxygens (including phenoxy) is 1. The first-order valence-electron chi connectivity index (χ1n) is 10.1. The Bertz CT molecular complexity index is 1220. The Morgan fingerprint density at radius 2 is 1.97 bits per heavy atom. The lowest BCUT2D eigenvalue weighted by atomic mass is 9.93. The lowest BCUT2D eigenvalue weighted by Gasteiger charge is -2.37. The molecule has 33 heavy (non-hydrogen) atoms. The molecule has 1 fully saturated rings. The standard InChI is InChI=1S/C21H22F3N5O4/c1-33-14-9-12(21(22,23)24)8-13(10-14)26-17-16-15(2-5-25-18(16)31)27-19(28-17)29-6-3-20(32,11-30)4-7-29/h2,5,8-10,30,32H,3-4,6-7,11H2,1H3,(H,25,31)(H,26,27,28). The summed E-state index contributed by atoms with van der Waals surface area (Å²) < 4.78 is 45.0. The molecule has 1 aromatic carbocycles. The van der Waals surface area contributed by atoms with E-state index in [0.717, 1.165) is 12.1 Å². The number of fused-ring (bicyclic) bond motifs is 1. The number of methoxy groups -OCH3 is 1. The van der Waals surface area contributed by atoms with E-state index in [4.69, 9.17) is 4.74 Å². The fourth-order valence-corrected chi connectivity index (χ4v) is 3.68. The molecule has 3 aromatic rings. The summed E-state index contributed by atoms with van der Waals surface area (Å²) in [7, 11) is 1.26. The van der Waals surface area contributed by atoms with Crippen LogP contribution in [-0.2, 0) is 6.18 Å². The van der Waals surface area contributed by atoms with E-state index < -0.39 is 22.9 Å². The zero-order valence-electron chi connectivity index (χ0n) is 17.6. The molecule has 4 N–H and O–H groups in total. The summed E-state index contributed by atoms with van der Waals surface area (Å²) in [6, 6.07) is 4.70. The number of H-pyrrole nitrogens is 1. The number of hydrogen-bond donors (Lipinski definition) is 4. The number of aliphatic hydroxyl groups is 2. The second kappa shape index (κ2) is 8.52. The van der Waals surface area contributed by atoms with Gasteiger partial charge in [-0.1, -0.05) is 0 Å². The number of aliphatic hydroxyl groups excluding tert-OH is 1. The molecule has 0 radical (unpaired) electrons. The van der Waals surface area contributed by atoms with E-state index in [1.807, 2.05) is 0 Å².